The van der Waals surface area contributed by atoms with Crippen molar-refractivity contribution < 1.29 is 27.9 Å². The molecule has 3 aliphatic heterocycles. The number of sulfonamides is 1. The van der Waals surface area contributed by atoms with Gasteiger partial charge in [0, 0.05) is 24.2 Å². The second kappa shape index (κ2) is 11.6. The molecule has 3 atom stereocenters. The van der Waals surface area contributed by atoms with Gasteiger partial charge in [-0.1, -0.05) is 49.1 Å². The summed E-state index contributed by atoms with van der Waals surface area (Å²) in [4.78, 5) is 35.6. The second-order valence-electron chi connectivity index (χ2n) is 12.4. The molecule has 1 amide bonds. The van der Waals surface area contributed by atoms with Crippen molar-refractivity contribution in [3.63, 3.8) is 0 Å². The molecule has 7 rings (SSSR count). The Morgan fingerprint density at radius 2 is 1.84 bits per heavy atom. The number of morpholine rings is 1. The molecule has 0 radical (unpaired) electrons. The number of pyridine rings is 1. The fraction of sp³-hybridized carbons (Fsp3) is 0.469. The van der Waals surface area contributed by atoms with E-state index in [0.29, 0.717) is 12.3 Å². The maximum Gasteiger partial charge on any atom is 0.348 e. The van der Waals surface area contributed by atoms with E-state index in [1.165, 1.54) is 10.5 Å². The van der Waals surface area contributed by atoms with Crippen molar-refractivity contribution in [2.75, 3.05) is 36.0 Å². The van der Waals surface area contributed by atoms with E-state index in [1.54, 1.807) is 23.1 Å². The number of rotatable bonds is 7. The summed E-state index contributed by atoms with van der Waals surface area (Å²) in [6.45, 7) is 3.12. The van der Waals surface area contributed by atoms with Crippen LogP contribution in [0.4, 0.5) is 11.5 Å². The third-order valence-corrected chi connectivity index (χ3v) is 12.5. The fourth-order valence-corrected chi connectivity index (χ4v) is 9.59. The number of amides is 1. The van der Waals surface area contributed by atoms with E-state index in [-0.39, 0.29) is 40.9 Å². The SMILES string of the molecule is Cc1ccc(-c2cc(N3C(=O)CN(S(=O)(=O)c4ccc(N5CC6CC5CO6)nc4)CC3C3CCCCC3)c(C(=O)O)s2)cc1. The molecule has 1 aliphatic carbocycles. The summed E-state index contributed by atoms with van der Waals surface area (Å²) in [7, 11) is -4.02. The summed E-state index contributed by atoms with van der Waals surface area (Å²) in [5, 5.41) is 10.2. The first-order valence-corrected chi connectivity index (χ1v) is 17.6. The first kappa shape index (κ1) is 29.4. The Balaban J connectivity index is 1.20. The van der Waals surface area contributed by atoms with E-state index in [2.05, 4.69) is 9.88 Å². The van der Waals surface area contributed by atoms with Gasteiger partial charge >= 0.3 is 5.97 Å². The first-order valence-electron chi connectivity index (χ1n) is 15.3. The molecule has 12 heteroatoms. The number of aromatic nitrogens is 1. The van der Waals surface area contributed by atoms with Crippen molar-refractivity contribution in [1.82, 2.24) is 9.29 Å². The van der Waals surface area contributed by atoms with Crippen molar-refractivity contribution in [2.45, 2.75) is 68.5 Å². The number of piperazine rings is 1. The van der Waals surface area contributed by atoms with Gasteiger partial charge < -0.3 is 19.6 Å². The molecule has 10 nitrogen and oxygen atoms in total. The van der Waals surface area contributed by atoms with Crippen LogP contribution in [0.5, 0.6) is 0 Å². The topological polar surface area (TPSA) is 120 Å². The Morgan fingerprint density at radius 1 is 1.07 bits per heavy atom. The van der Waals surface area contributed by atoms with Crippen molar-refractivity contribution in [1.29, 1.82) is 0 Å². The van der Waals surface area contributed by atoms with Crippen LogP contribution in [0.2, 0.25) is 0 Å². The van der Waals surface area contributed by atoms with E-state index < -0.39 is 27.9 Å². The van der Waals surface area contributed by atoms with Gasteiger partial charge in [0.1, 0.15) is 15.6 Å². The number of carbonyl (C=O) groups is 2. The Kier molecular flexibility index (Phi) is 7.72. The molecule has 44 heavy (non-hydrogen) atoms. The molecular weight excluding hydrogens is 601 g/mol. The maximum absolute atomic E-state index is 14.0. The highest BCUT2D eigenvalue weighted by atomic mass is 32.2. The van der Waals surface area contributed by atoms with Crippen LogP contribution < -0.4 is 9.80 Å². The normalized spacial score (nSPS) is 24.8. The van der Waals surface area contributed by atoms with Gasteiger partial charge in [-0.15, -0.1) is 11.3 Å². The van der Waals surface area contributed by atoms with Gasteiger partial charge in [0.15, 0.2) is 0 Å². The summed E-state index contributed by atoms with van der Waals surface area (Å²) < 4.78 is 34.8. The van der Waals surface area contributed by atoms with Crippen LogP contribution in [0.1, 0.15) is 53.8 Å². The van der Waals surface area contributed by atoms with Gasteiger partial charge in [0.25, 0.3) is 0 Å². The van der Waals surface area contributed by atoms with Gasteiger partial charge in [0.05, 0.1) is 37.0 Å². The lowest BCUT2D eigenvalue weighted by Gasteiger charge is -2.44. The van der Waals surface area contributed by atoms with Crippen molar-refractivity contribution >= 4 is 44.7 Å². The number of hydrogen-bond donors (Lipinski definition) is 1. The van der Waals surface area contributed by atoms with E-state index in [0.717, 1.165) is 78.2 Å². The van der Waals surface area contributed by atoms with Crippen LogP contribution in [0.25, 0.3) is 10.4 Å². The van der Waals surface area contributed by atoms with Gasteiger partial charge in [-0.3, -0.25) is 4.79 Å². The largest absolute Gasteiger partial charge is 0.477 e. The number of aromatic carboxylic acids is 1. The number of anilines is 2. The number of hydrogen-bond acceptors (Lipinski definition) is 8. The smallest absolute Gasteiger partial charge is 0.348 e. The van der Waals surface area contributed by atoms with Crippen LogP contribution >= 0.6 is 11.3 Å². The lowest BCUT2D eigenvalue weighted by atomic mass is 9.82. The average molecular weight is 637 g/mol. The third kappa shape index (κ3) is 5.31. The van der Waals surface area contributed by atoms with Crippen LogP contribution in [-0.2, 0) is 19.6 Å². The zero-order valence-electron chi connectivity index (χ0n) is 24.6. The number of benzene rings is 1. The highest BCUT2D eigenvalue weighted by molar-refractivity contribution is 7.89. The van der Waals surface area contributed by atoms with Crippen molar-refractivity contribution in [3.8, 4) is 10.4 Å². The van der Waals surface area contributed by atoms with Crippen molar-refractivity contribution in [2.24, 2.45) is 5.92 Å². The summed E-state index contributed by atoms with van der Waals surface area (Å²) >= 11 is 1.14. The average Bonchev–Trinajstić information content (AvgIpc) is 3.78. The molecule has 0 spiro atoms. The monoisotopic (exact) mass is 636 g/mol. The second-order valence-corrected chi connectivity index (χ2v) is 15.4. The highest BCUT2D eigenvalue weighted by Gasteiger charge is 2.45. The van der Waals surface area contributed by atoms with E-state index in [9.17, 15) is 23.1 Å². The third-order valence-electron chi connectivity index (χ3n) is 9.55. The number of aryl methyl sites for hydroxylation is 1. The molecule has 5 heterocycles. The Labute approximate surface area is 261 Å². The number of carbonyl (C=O) groups excluding carboxylic acids is 1. The van der Waals surface area contributed by atoms with E-state index >= 15 is 0 Å². The Bertz CT molecular complexity index is 1670. The lowest BCUT2D eigenvalue weighted by Crippen LogP contribution is -2.60. The van der Waals surface area contributed by atoms with Gasteiger partial charge in [0.2, 0.25) is 15.9 Å². The summed E-state index contributed by atoms with van der Waals surface area (Å²) in [5.74, 6) is -0.728. The van der Waals surface area contributed by atoms with Gasteiger partial charge in [-0.25, -0.2) is 18.2 Å². The van der Waals surface area contributed by atoms with Crippen LogP contribution in [-0.4, -0.2) is 79.1 Å². The predicted molar refractivity (Wildman–Crippen MR) is 168 cm³/mol. The number of carboxylic acids is 1. The molecule has 1 aromatic carbocycles. The maximum atomic E-state index is 14.0. The minimum Gasteiger partial charge on any atom is -0.477 e. The molecule has 2 bridgehead atoms. The summed E-state index contributed by atoms with van der Waals surface area (Å²) in [5.41, 5.74) is 2.32. The Hall–Kier alpha value is -3.32. The molecular formula is C32H36N4O6S2. The summed E-state index contributed by atoms with van der Waals surface area (Å²) in [6, 6.07) is 12.7. The minimum atomic E-state index is -4.02. The molecule has 4 fully saturated rings. The molecule has 232 valence electrons. The minimum absolute atomic E-state index is 0.0499. The molecule has 3 saturated heterocycles. The van der Waals surface area contributed by atoms with Crippen LogP contribution in [0, 0.1) is 12.8 Å². The molecule has 1 N–H and O–H groups in total. The Morgan fingerprint density at radius 3 is 2.48 bits per heavy atom. The quantitative estimate of drug-likeness (QED) is 0.394. The number of thiophene rings is 1. The van der Waals surface area contributed by atoms with E-state index in [1.807, 2.05) is 31.2 Å². The molecule has 3 unspecified atom stereocenters. The molecule has 4 aliphatic rings. The zero-order valence-corrected chi connectivity index (χ0v) is 26.2. The number of nitrogens with zero attached hydrogens (tertiary/aromatic N) is 4. The number of fused-ring (bicyclic) bond motifs is 2. The predicted octanol–water partition coefficient (Wildman–Crippen LogP) is 4.78. The number of carboxylic acid groups (broad SMARTS) is 1. The van der Waals surface area contributed by atoms with E-state index in [4.69, 9.17) is 4.74 Å². The van der Waals surface area contributed by atoms with Gasteiger partial charge in [-0.2, -0.15) is 4.31 Å². The highest BCUT2D eigenvalue weighted by Crippen LogP contribution is 2.42. The molecule has 3 aromatic rings. The number of ether oxygens (including phenoxy) is 1. The lowest BCUT2D eigenvalue weighted by molar-refractivity contribution is -0.121. The molecule has 1 saturated carbocycles. The van der Waals surface area contributed by atoms with Crippen LogP contribution in [0.3, 0.4) is 0 Å². The van der Waals surface area contributed by atoms with Crippen molar-refractivity contribution in [3.05, 3.63) is 59.1 Å². The fourth-order valence-electron chi connectivity index (χ4n) is 7.24. The zero-order chi connectivity index (χ0) is 30.6. The van der Waals surface area contributed by atoms with Crippen LogP contribution in [0.15, 0.2) is 53.6 Å². The standard InChI is InChI=1S/C32H36N4O6S2/c1-20-7-9-22(10-8-20)28-14-26(31(43-28)32(38)39)36-27(21-5-3-2-4-6-21)17-34(18-30(36)37)44(40,41)25-11-12-29(33-15-25)35-16-24-13-23(35)19-42-24/h7-12,14-15,21,23-24,27H,2-6,13,16-19H2,1H3,(H,38,39). The first-order chi connectivity index (χ1) is 21.2. The summed E-state index contributed by atoms with van der Waals surface area (Å²) in [6.07, 6.45) is 7.34. The molecule has 2 aromatic heterocycles. The van der Waals surface area contributed by atoms with Gasteiger partial charge in [-0.05, 0) is 55.9 Å².